The summed E-state index contributed by atoms with van der Waals surface area (Å²) >= 11 is 1.65. The van der Waals surface area contributed by atoms with Crippen molar-refractivity contribution in [2.45, 2.75) is 13.0 Å². The van der Waals surface area contributed by atoms with E-state index in [-0.39, 0.29) is 6.04 Å². The Morgan fingerprint density at radius 1 is 1.43 bits per heavy atom. The maximum Gasteiger partial charge on any atom is 0.222 e. The molecule has 1 aromatic carbocycles. The number of hydrogen-bond acceptors (Lipinski definition) is 3. The third kappa shape index (κ3) is 1.77. The molecule has 0 amide bonds. The lowest BCUT2D eigenvalue weighted by atomic mass is 10.3. The number of thiophene rings is 1. The Bertz CT molecular complexity index is 416. The normalized spacial score (nSPS) is 12.6. The minimum Gasteiger partial charge on any atom is -0.367 e. The molecule has 14 heavy (non-hydrogen) atoms. The predicted octanol–water partition coefficient (Wildman–Crippen LogP) is 2.81. The molecule has 0 bridgehead atoms. The number of rotatable bonds is 3. The van der Waals surface area contributed by atoms with E-state index in [0.29, 0.717) is 0 Å². The Morgan fingerprint density at radius 2 is 2.21 bits per heavy atom. The maximum atomic E-state index is 10.3. The largest absolute Gasteiger partial charge is 0.367 e. The van der Waals surface area contributed by atoms with E-state index in [1.807, 2.05) is 24.5 Å². The molecule has 0 aliphatic carbocycles. The minimum absolute atomic E-state index is 0.247. The van der Waals surface area contributed by atoms with Gasteiger partial charge in [0.1, 0.15) is 0 Å². The maximum absolute atomic E-state index is 10.3. The summed E-state index contributed by atoms with van der Waals surface area (Å²) in [5.74, 6) is 0. The summed E-state index contributed by atoms with van der Waals surface area (Å²) < 4.78 is 1.23. The first-order chi connectivity index (χ1) is 6.79. The first kappa shape index (κ1) is 9.21. The van der Waals surface area contributed by atoms with Crippen LogP contribution in [0.1, 0.15) is 6.92 Å². The summed E-state index contributed by atoms with van der Waals surface area (Å²) in [4.78, 5) is 10.3. The highest BCUT2D eigenvalue weighted by molar-refractivity contribution is 7.22. The van der Waals surface area contributed by atoms with Gasteiger partial charge in [0.2, 0.25) is 6.29 Å². The minimum atomic E-state index is -0.247. The summed E-state index contributed by atoms with van der Waals surface area (Å²) in [7, 11) is 0. The van der Waals surface area contributed by atoms with Crippen LogP contribution in [0.5, 0.6) is 0 Å². The summed E-state index contributed by atoms with van der Waals surface area (Å²) in [5, 5.41) is 5.30. The van der Waals surface area contributed by atoms with Crippen LogP contribution in [0.15, 0.2) is 30.3 Å². The van der Waals surface area contributed by atoms with Gasteiger partial charge in [-0.3, -0.25) is 4.79 Å². The molecule has 0 aliphatic rings. The highest BCUT2D eigenvalue weighted by Gasteiger charge is 2.04. The number of benzene rings is 1. The van der Waals surface area contributed by atoms with Crippen LogP contribution < -0.4 is 5.32 Å². The van der Waals surface area contributed by atoms with Crippen molar-refractivity contribution in [2.24, 2.45) is 0 Å². The highest BCUT2D eigenvalue weighted by Crippen LogP contribution is 2.29. The van der Waals surface area contributed by atoms with E-state index in [9.17, 15) is 4.79 Å². The van der Waals surface area contributed by atoms with Crippen molar-refractivity contribution in [2.75, 3.05) is 5.32 Å². The van der Waals surface area contributed by atoms with Gasteiger partial charge in [-0.25, -0.2) is 0 Å². The van der Waals surface area contributed by atoms with E-state index >= 15 is 0 Å². The van der Waals surface area contributed by atoms with Crippen molar-refractivity contribution in [3.8, 4) is 0 Å². The molecule has 1 radical (unpaired) electrons. The second kappa shape index (κ2) is 3.80. The molecule has 1 N–H and O–H groups in total. The molecule has 0 saturated carbocycles. The number of hydrogen-bond donors (Lipinski definition) is 1. The zero-order valence-corrected chi connectivity index (χ0v) is 8.60. The summed E-state index contributed by atoms with van der Waals surface area (Å²) in [6.45, 7) is 1.79. The summed E-state index contributed by atoms with van der Waals surface area (Å²) in [6, 6.07) is 9.95. The molecule has 2 nitrogen and oxygen atoms in total. The van der Waals surface area contributed by atoms with Crippen LogP contribution in [-0.2, 0) is 4.79 Å². The van der Waals surface area contributed by atoms with Gasteiger partial charge in [-0.2, -0.15) is 0 Å². The highest BCUT2D eigenvalue weighted by atomic mass is 32.1. The first-order valence-electron chi connectivity index (χ1n) is 4.42. The van der Waals surface area contributed by atoms with Gasteiger partial charge in [-0.15, -0.1) is 11.3 Å². The fourth-order valence-electron chi connectivity index (χ4n) is 1.30. The average Bonchev–Trinajstić information content (AvgIpc) is 2.59. The zero-order valence-electron chi connectivity index (χ0n) is 7.78. The SMILES string of the molecule is C[C@@H]([C]=O)Nc1cc2ccccc2s1. The molecule has 1 heterocycles. The van der Waals surface area contributed by atoms with Crippen molar-refractivity contribution >= 4 is 32.7 Å². The molecule has 3 heteroatoms. The smallest absolute Gasteiger partial charge is 0.222 e. The lowest BCUT2D eigenvalue weighted by Gasteiger charge is -2.03. The van der Waals surface area contributed by atoms with Crippen LogP contribution in [0.4, 0.5) is 5.00 Å². The van der Waals surface area contributed by atoms with E-state index in [1.54, 1.807) is 18.3 Å². The molecule has 1 aromatic heterocycles. The summed E-state index contributed by atoms with van der Waals surface area (Å²) in [5.41, 5.74) is 0. The Kier molecular flexibility index (Phi) is 2.50. The number of fused-ring (bicyclic) bond motifs is 1. The van der Waals surface area contributed by atoms with E-state index in [4.69, 9.17) is 0 Å². The van der Waals surface area contributed by atoms with Gasteiger partial charge in [0, 0.05) is 4.70 Å². The lowest BCUT2D eigenvalue weighted by molar-refractivity contribution is 0.549. The average molecular weight is 204 g/mol. The van der Waals surface area contributed by atoms with Crippen LogP contribution in [0, 0.1) is 0 Å². The molecule has 0 saturated heterocycles. The van der Waals surface area contributed by atoms with Crippen molar-refractivity contribution in [3.63, 3.8) is 0 Å². The van der Waals surface area contributed by atoms with Crippen molar-refractivity contribution < 1.29 is 4.79 Å². The van der Waals surface area contributed by atoms with Crippen LogP contribution in [0.3, 0.4) is 0 Å². The fraction of sp³-hybridized carbons (Fsp3) is 0.182. The number of anilines is 1. The molecule has 2 aromatic rings. The Hall–Kier alpha value is -1.35. The molecule has 0 aliphatic heterocycles. The van der Waals surface area contributed by atoms with Gasteiger partial charge in [0.25, 0.3) is 0 Å². The quantitative estimate of drug-likeness (QED) is 0.833. The summed E-state index contributed by atoms with van der Waals surface area (Å²) in [6.07, 6.45) is 1.90. The Labute approximate surface area is 86.6 Å². The molecule has 2 rings (SSSR count). The predicted molar refractivity (Wildman–Crippen MR) is 60.6 cm³/mol. The second-order valence-electron chi connectivity index (χ2n) is 3.13. The third-order valence-corrected chi connectivity index (χ3v) is 3.01. The van der Waals surface area contributed by atoms with Crippen molar-refractivity contribution in [3.05, 3.63) is 30.3 Å². The molecule has 0 fully saturated rings. The van der Waals surface area contributed by atoms with E-state index < -0.39 is 0 Å². The van der Waals surface area contributed by atoms with Gasteiger partial charge in [-0.1, -0.05) is 18.2 Å². The van der Waals surface area contributed by atoms with Gasteiger partial charge in [0.15, 0.2) is 0 Å². The van der Waals surface area contributed by atoms with Crippen LogP contribution >= 0.6 is 11.3 Å². The number of nitrogens with one attached hydrogen (secondary N) is 1. The molecular formula is C11H10NOS. The first-order valence-corrected chi connectivity index (χ1v) is 5.24. The van der Waals surface area contributed by atoms with Gasteiger partial charge < -0.3 is 5.32 Å². The third-order valence-electron chi connectivity index (χ3n) is 1.96. The van der Waals surface area contributed by atoms with Gasteiger partial charge >= 0.3 is 0 Å². The van der Waals surface area contributed by atoms with Crippen LogP contribution in [-0.4, -0.2) is 12.3 Å². The van der Waals surface area contributed by atoms with Crippen LogP contribution in [0.25, 0.3) is 10.1 Å². The number of carbonyl (C=O) groups excluding carboxylic acids is 1. The van der Waals surface area contributed by atoms with E-state index in [2.05, 4.69) is 17.4 Å². The van der Waals surface area contributed by atoms with Crippen molar-refractivity contribution in [1.29, 1.82) is 0 Å². The standard InChI is InChI=1S/C11H10NOS/c1-8(7-13)12-11-6-9-4-2-3-5-10(9)14-11/h2-6,8,12H,1H3/t8-/m0/s1. The topological polar surface area (TPSA) is 29.1 Å². The molecule has 1 atom stereocenters. The van der Waals surface area contributed by atoms with Crippen LogP contribution in [0.2, 0.25) is 0 Å². The Balaban J connectivity index is 2.31. The van der Waals surface area contributed by atoms with Gasteiger partial charge in [-0.05, 0) is 24.4 Å². The monoisotopic (exact) mass is 204 g/mol. The zero-order chi connectivity index (χ0) is 9.97. The second-order valence-corrected chi connectivity index (χ2v) is 4.22. The van der Waals surface area contributed by atoms with E-state index in [0.717, 1.165) is 5.00 Å². The molecule has 0 spiro atoms. The fourth-order valence-corrected chi connectivity index (χ4v) is 2.35. The van der Waals surface area contributed by atoms with E-state index in [1.165, 1.54) is 10.1 Å². The molecule has 0 unspecified atom stereocenters. The van der Waals surface area contributed by atoms with Crippen molar-refractivity contribution in [1.82, 2.24) is 0 Å². The lowest BCUT2D eigenvalue weighted by Crippen LogP contribution is -2.14. The van der Waals surface area contributed by atoms with Gasteiger partial charge in [0.05, 0.1) is 11.0 Å². The molecule has 71 valence electrons. The molecular weight excluding hydrogens is 194 g/mol. The Morgan fingerprint density at radius 3 is 2.93 bits per heavy atom.